The van der Waals surface area contributed by atoms with E-state index in [1.807, 2.05) is 5.43 Å². The summed E-state index contributed by atoms with van der Waals surface area (Å²) in [5.74, 6) is 0.338. The van der Waals surface area contributed by atoms with Crippen molar-refractivity contribution >= 4 is 74.6 Å². The zero-order valence-corrected chi connectivity index (χ0v) is 26.8. The Morgan fingerprint density at radius 1 is 0.840 bits per heavy atom. The zero-order valence-electron chi connectivity index (χ0n) is 26.0. The first-order valence-corrected chi connectivity index (χ1v) is 15.1. The second kappa shape index (κ2) is 17.0. The Labute approximate surface area is 288 Å². The number of hydrazine groups is 1. The highest BCUT2D eigenvalue weighted by molar-refractivity contribution is 6.46. The molecule has 7 N–H and O–H groups in total. The van der Waals surface area contributed by atoms with Crippen LogP contribution in [0.1, 0.15) is 46.4 Å². The van der Waals surface area contributed by atoms with E-state index < -0.39 is 40.8 Å². The number of aromatic hydroxyl groups is 1. The molecule has 256 valence electrons. The topological polar surface area (TPSA) is 248 Å². The third-order valence-corrected chi connectivity index (χ3v) is 7.29. The zero-order chi connectivity index (χ0) is 36.2. The van der Waals surface area contributed by atoms with Gasteiger partial charge in [-0.2, -0.15) is 10.2 Å². The Morgan fingerprint density at radius 2 is 1.56 bits per heavy atom. The van der Waals surface area contributed by atoms with Crippen LogP contribution in [-0.4, -0.2) is 50.9 Å². The van der Waals surface area contributed by atoms with E-state index in [0.717, 1.165) is 0 Å². The lowest BCUT2D eigenvalue weighted by molar-refractivity contribution is -0.384. The van der Waals surface area contributed by atoms with Gasteiger partial charge in [-0.05, 0) is 60.0 Å². The Hall–Kier alpha value is -6.52. The number of hydrazone groups is 2. The van der Waals surface area contributed by atoms with Crippen LogP contribution in [-0.2, 0) is 14.4 Å². The lowest BCUT2D eigenvalue weighted by atomic mass is 10.00. The van der Waals surface area contributed by atoms with E-state index >= 15 is 0 Å². The highest BCUT2D eigenvalue weighted by Crippen LogP contribution is 2.27. The quantitative estimate of drug-likeness (QED) is 0.0226. The van der Waals surface area contributed by atoms with Crippen LogP contribution < -0.4 is 27.4 Å². The minimum absolute atomic E-state index is 0.0420. The molecule has 0 saturated heterocycles. The Bertz CT molecular complexity index is 2030. The number of carbonyl (C=O) groups excluding carboxylic acids is 5. The van der Waals surface area contributed by atoms with E-state index in [1.54, 1.807) is 35.8 Å². The van der Waals surface area contributed by atoms with Crippen molar-refractivity contribution < 1.29 is 34.0 Å². The van der Waals surface area contributed by atoms with Gasteiger partial charge in [0.1, 0.15) is 5.75 Å². The van der Waals surface area contributed by atoms with E-state index in [9.17, 15) is 39.2 Å². The van der Waals surface area contributed by atoms with Crippen molar-refractivity contribution in [1.82, 2.24) is 16.3 Å². The number of carbonyl (C=O) groups is 5. The van der Waals surface area contributed by atoms with Gasteiger partial charge in [-0.3, -0.25) is 39.5 Å². The fourth-order valence-electron chi connectivity index (χ4n) is 4.61. The van der Waals surface area contributed by atoms with Crippen molar-refractivity contribution in [2.75, 3.05) is 5.32 Å². The number of fused-ring (bicyclic) bond motifs is 1. The molecule has 0 atom stereocenters. The molecule has 4 aromatic carbocycles. The summed E-state index contributed by atoms with van der Waals surface area (Å²) in [6, 6.07) is 21.0. The molecular formula is C33H29ClN8O8. The minimum Gasteiger partial charge on any atom is -0.507 e. The summed E-state index contributed by atoms with van der Waals surface area (Å²) in [5, 5.41) is 33.8. The van der Waals surface area contributed by atoms with E-state index in [4.69, 9.17) is 17.4 Å². The van der Waals surface area contributed by atoms with E-state index in [1.165, 1.54) is 54.6 Å². The van der Waals surface area contributed by atoms with Gasteiger partial charge in [0, 0.05) is 34.8 Å². The lowest BCUT2D eigenvalue weighted by Gasteiger charge is -2.12. The van der Waals surface area contributed by atoms with Gasteiger partial charge in [0.05, 0.1) is 28.3 Å². The summed E-state index contributed by atoms with van der Waals surface area (Å²) in [7, 11) is 0. The second-order valence-corrected chi connectivity index (χ2v) is 10.9. The maximum atomic E-state index is 13.4. The fourth-order valence-corrected chi connectivity index (χ4v) is 4.73. The van der Waals surface area contributed by atoms with Crippen LogP contribution in [0.3, 0.4) is 0 Å². The van der Waals surface area contributed by atoms with Crippen molar-refractivity contribution in [3.8, 4) is 5.75 Å². The summed E-state index contributed by atoms with van der Waals surface area (Å²) in [4.78, 5) is 73.9. The monoisotopic (exact) mass is 700 g/mol. The molecule has 4 aromatic rings. The molecule has 0 bridgehead atoms. The third kappa shape index (κ3) is 9.75. The average molecular weight is 701 g/mol. The minimum atomic E-state index is -1.27. The van der Waals surface area contributed by atoms with Gasteiger partial charge in [0.2, 0.25) is 5.91 Å². The Balaban J connectivity index is 1.65. The number of nitro benzene ring substituents is 1. The number of halogens is 1. The molecule has 4 rings (SSSR count). The van der Waals surface area contributed by atoms with Crippen LogP contribution in [0.15, 0.2) is 95.1 Å². The van der Waals surface area contributed by atoms with Crippen molar-refractivity contribution in [3.63, 3.8) is 0 Å². The van der Waals surface area contributed by atoms with E-state index in [2.05, 4.69) is 20.9 Å². The first-order valence-electron chi connectivity index (χ1n) is 14.8. The number of nitro groups is 1. The SMILES string of the molecule is NNC(=O)C(=O)N/N=C(CC(=O)c1ccc(Cl)cc1)\C(CCCC(=O)Nc1cccc([N+](=O)[O-])c1)=N/NC(=O)c1c(O)ccc2ccccc12. The van der Waals surface area contributed by atoms with Gasteiger partial charge >= 0.3 is 11.8 Å². The van der Waals surface area contributed by atoms with Gasteiger partial charge in [0.25, 0.3) is 11.6 Å². The summed E-state index contributed by atoms with van der Waals surface area (Å²) in [6.45, 7) is 0. The standard InChI is InChI=1S/C33H29ClN8O8/c34-21-14-11-20(12-15-21)28(44)18-26(39-41-33(48)32(47)37-35)25(9-4-10-29(45)36-22-6-3-7-23(17-22)42(49)50)38-40-31(46)30-24-8-2-1-5-19(24)13-16-27(30)43/h1-3,5-8,11-17,43H,4,9-10,18,35H2,(H,36,45)(H,37,47)(H,40,46)(H,41,48)/b38-25-,39-26-. The van der Waals surface area contributed by atoms with Crippen LogP contribution >= 0.6 is 11.6 Å². The summed E-state index contributed by atoms with van der Waals surface area (Å²) >= 11 is 5.95. The molecule has 4 amide bonds. The normalized spacial score (nSPS) is 11.4. The maximum Gasteiger partial charge on any atom is 0.330 e. The van der Waals surface area contributed by atoms with Crippen molar-refractivity contribution in [2.45, 2.75) is 25.7 Å². The third-order valence-electron chi connectivity index (χ3n) is 7.04. The predicted molar refractivity (Wildman–Crippen MR) is 184 cm³/mol. The van der Waals surface area contributed by atoms with Crippen molar-refractivity contribution in [1.29, 1.82) is 0 Å². The number of non-ortho nitro benzene ring substituents is 1. The Morgan fingerprint density at radius 3 is 2.28 bits per heavy atom. The van der Waals surface area contributed by atoms with E-state index in [0.29, 0.717) is 15.8 Å². The number of benzene rings is 4. The molecule has 0 aliphatic rings. The maximum absolute atomic E-state index is 13.4. The number of nitrogens with two attached hydrogens (primary N) is 1. The van der Waals surface area contributed by atoms with Gasteiger partial charge < -0.3 is 10.4 Å². The van der Waals surface area contributed by atoms with Gasteiger partial charge in [-0.15, -0.1) is 0 Å². The number of phenols is 1. The van der Waals surface area contributed by atoms with Crippen LogP contribution in [0.4, 0.5) is 11.4 Å². The Kier molecular flexibility index (Phi) is 12.4. The van der Waals surface area contributed by atoms with Crippen molar-refractivity contribution in [3.05, 3.63) is 111 Å². The second-order valence-electron chi connectivity index (χ2n) is 10.5. The molecule has 16 nitrogen and oxygen atoms in total. The van der Waals surface area contributed by atoms with Crippen LogP contribution in [0.2, 0.25) is 5.02 Å². The summed E-state index contributed by atoms with van der Waals surface area (Å²) < 4.78 is 0. The number of anilines is 1. The fraction of sp³-hybridized carbons (Fsp3) is 0.121. The number of phenolic OH excluding ortho intramolecular Hbond substituents is 1. The number of nitrogens with one attached hydrogen (secondary N) is 4. The molecule has 0 aliphatic heterocycles. The number of ketones is 1. The summed E-state index contributed by atoms with van der Waals surface area (Å²) in [6.07, 6.45) is -0.726. The first-order chi connectivity index (χ1) is 24.0. The number of nitrogens with zero attached hydrogens (tertiary/aromatic N) is 3. The average Bonchev–Trinajstić information content (AvgIpc) is 3.11. The highest BCUT2D eigenvalue weighted by Gasteiger charge is 2.21. The van der Waals surface area contributed by atoms with Crippen LogP contribution in [0.5, 0.6) is 5.75 Å². The smallest absolute Gasteiger partial charge is 0.330 e. The molecule has 17 heteroatoms. The molecule has 0 unspecified atom stereocenters. The van der Waals surface area contributed by atoms with E-state index in [-0.39, 0.29) is 58.9 Å². The van der Waals surface area contributed by atoms with Crippen LogP contribution in [0.25, 0.3) is 10.8 Å². The number of hydrogen-bond donors (Lipinski definition) is 6. The molecule has 0 spiro atoms. The van der Waals surface area contributed by atoms with Gasteiger partial charge in [-0.1, -0.05) is 48.0 Å². The number of hydrogen-bond acceptors (Lipinski definition) is 11. The predicted octanol–water partition coefficient (Wildman–Crippen LogP) is 3.74. The molecule has 50 heavy (non-hydrogen) atoms. The first kappa shape index (κ1) is 36.3. The lowest BCUT2D eigenvalue weighted by Crippen LogP contribution is -2.42. The number of Topliss-reactive ketones (excluding diaryl/α,β-unsaturated/α-hetero) is 1. The number of rotatable bonds is 13. The summed E-state index contributed by atoms with van der Waals surface area (Å²) in [5.41, 5.74) is 5.83. The molecule has 0 aliphatic carbocycles. The van der Waals surface area contributed by atoms with Gasteiger partial charge in [-0.25, -0.2) is 16.7 Å². The molecule has 0 aromatic heterocycles. The van der Waals surface area contributed by atoms with Crippen molar-refractivity contribution in [2.24, 2.45) is 16.0 Å². The molecular weight excluding hydrogens is 672 g/mol. The molecule has 0 saturated carbocycles. The van der Waals surface area contributed by atoms with Crippen LogP contribution in [0, 0.1) is 10.1 Å². The van der Waals surface area contributed by atoms with Gasteiger partial charge in [0.15, 0.2) is 5.78 Å². The largest absolute Gasteiger partial charge is 0.507 e. The molecule has 0 heterocycles. The number of amides is 4. The molecule has 0 fully saturated rings. The molecule has 0 radical (unpaired) electrons. The highest BCUT2D eigenvalue weighted by atomic mass is 35.5.